The van der Waals surface area contributed by atoms with Crippen LogP contribution < -0.4 is 0 Å². The van der Waals surface area contributed by atoms with Crippen LogP contribution in [0.15, 0.2) is 0 Å². The van der Waals surface area contributed by atoms with Crippen molar-refractivity contribution in [2.45, 2.75) is 39.2 Å². The number of carbonyl (C=O) groups is 2. The molecule has 0 unspecified atom stereocenters. The van der Waals surface area contributed by atoms with Crippen LogP contribution in [0, 0.1) is 11.3 Å². The second-order valence-corrected chi connectivity index (χ2v) is 4.83. The Morgan fingerprint density at radius 3 is 2.46 bits per heavy atom. The predicted molar refractivity (Wildman–Crippen MR) is 46.0 cm³/mol. The molecule has 2 bridgehead atoms. The van der Waals surface area contributed by atoms with Gasteiger partial charge in [-0.1, -0.05) is 13.8 Å². The van der Waals surface area contributed by atoms with Crippen molar-refractivity contribution in [3.05, 3.63) is 0 Å². The number of carbonyl (C=O) groups excluding carboxylic acids is 2. The van der Waals surface area contributed by atoms with E-state index in [1.54, 1.807) is 0 Å². The van der Waals surface area contributed by atoms with E-state index in [4.69, 9.17) is 4.74 Å². The monoisotopic (exact) mass is 182 g/mol. The summed E-state index contributed by atoms with van der Waals surface area (Å²) in [6, 6.07) is 0. The van der Waals surface area contributed by atoms with Crippen LogP contribution in [0.4, 0.5) is 0 Å². The van der Waals surface area contributed by atoms with Crippen molar-refractivity contribution < 1.29 is 14.3 Å². The smallest absolute Gasteiger partial charge is 0.307 e. The lowest BCUT2D eigenvalue weighted by molar-refractivity contribution is -0.182. The van der Waals surface area contributed by atoms with E-state index < -0.39 is 5.60 Å². The maximum absolute atomic E-state index is 11.6. The molecule has 0 spiro atoms. The molecule has 2 fully saturated rings. The maximum Gasteiger partial charge on any atom is 0.307 e. The molecule has 2 rings (SSSR count). The summed E-state index contributed by atoms with van der Waals surface area (Å²) in [5.41, 5.74) is -0.762. The Morgan fingerprint density at radius 1 is 1.31 bits per heavy atom. The van der Waals surface area contributed by atoms with Gasteiger partial charge in [-0.15, -0.1) is 0 Å². The maximum atomic E-state index is 11.6. The van der Waals surface area contributed by atoms with Gasteiger partial charge in [0.25, 0.3) is 0 Å². The summed E-state index contributed by atoms with van der Waals surface area (Å²) in [5.74, 6) is -0.172. The van der Waals surface area contributed by atoms with E-state index in [1.165, 1.54) is 0 Å². The molecule has 1 saturated heterocycles. The molecule has 0 N–H and O–H groups in total. The summed E-state index contributed by atoms with van der Waals surface area (Å²) in [5, 5.41) is 0. The Balaban J connectivity index is 2.47. The fourth-order valence-electron chi connectivity index (χ4n) is 2.45. The number of hydrogen-bond donors (Lipinski definition) is 0. The topological polar surface area (TPSA) is 43.4 Å². The molecule has 0 aromatic rings. The summed E-state index contributed by atoms with van der Waals surface area (Å²) in [4.78, 5) is 22.8. The Labute approximate surface area is 77.4 Å². The normalized spacial score (nSPS) is 41.9. The molecule has 0 aromatic heterocycles. The van der Waals surface area contributed by atoms with Gasteiger partial charge in [-0.3, -0.25) is 9.59 Å². The highest BCUT2D eigenvalue weighted by Gasteiger charge is 2.62. The van der Waals surface area contributed by atoms with E-state index in [0.29, 0.717) is 6.42 Å². The van der Waals surface area contributed by atoms with Crippen LogP contribution in [0.1, 0.15) is 33.6 Å². The molecule has 3 nitrogen and oxygen atoms in total. The molecule has 2 atom stereocenters. The van der Waals surface area contributed by atoms with E-state index in [0.717, 1.165) is 0 Å². The van der Waals surface area contributed by atoms with Gasteiger partial charge in [-0.2, -0.15) is 0 Å². The third kappa shape index (κ3) is 0.901. The lowest BCUT2D eigenvalue weighted by Crippen LogP contribution is -2.48. The van der Waals surface area contributed by atoms with Crippen LogP contribution in [-0.2, 0) is 14.3 Å². The quantitative estimate of drug-likeness (QED) is 0.530. The van der Waals surface area contributed by atoms with Crippen molar-refractivity contribution in [2.24, 2.45) is 11.3 Å². The van der Waals surface area contributed by atoms with E-state index in [1.807, 2.05) is 20.8 Å². The number of Topliss-reactive ketones (excluding diaryl/α,β-unsaturated/α-hetero) is 1. The van der Waals surface area contributed by atoms with Crippen LogP contribution >= 0.6 is 0 Å². The molecule has 3 heteroatoms. The third-order valence-electron chi connectivity index (χ3n) is 3.84. The van der Waals surface area contributed by atoms with E-state index in [9.17, 15) is 9.59 Å². The Hall–Kier alpha value is -0.860. The highest BCUT2D eigenvalue weighted by atomic mass is 16.6. The standard InChI is InChI=1S/C10H14O3/c1-9(2)6-4-8(12)13-10(9,3)5-7(6)11/h6H,4-5H2,1-3H3/t6-,10+/m1/s1. The lowest BCUT2D eigenvalue weighted by atomic mass is 9.70. The Bertz CT molecular complexity index is 289. The van der Waals surface area contributed by atoms with Crippen LogP contribution in [0.2, 0.25) is 0 Å². The largest absolute Gasteiger partial charge is 0.458 e. The van der Waals surface area contributed by atoms with Gasteiger partial charge in [-0.05, 0) is 6.92 Å². The molecule has 1 heterocycles. The Morgan fingerprint density at radius 2 is 1.92 bits per heavy atom. The molecule has 2 aliphatic rings. The predicted octanol–water partition coefficient (Wildman–Crippen LogP) is 1.31. The van der Waals surface area contributed by atoms with Crippen LogP contribution in [0.25, 0.3) is 0 Å². The zero-order chi connectivity index (χ0) is 9.85. The van der Waals surface area contributed by atoms with Crippen molar-refractivity contribution in [2.75, 3.05) is 0 Å². The molecule has 0 aromatic carbocycles. The van der Waals surface area contributed by atoms with E-state index in [2.05, 4.69) is 0 Å². The second kappa shape index (κ2) is 2.14. The van der Waals surface area contributed by atoms with Gasteiger partial charge < -0.3 is 4.74 Å². The molecule has 1 saturated carbocycles. The fourth-order valence-corrected chi connectivity index (χ4v) is 2.45. The molecule has 72 valence electrons. The van der Waals surface area contributed by atoms with E-state index in [-0.39, 0.29) is 29.5 Å². The minimum absolute atomic E-state index is 0.126. The van der Waals surface area contributed by atoms with Crippen LogP contribution in [-0.4, -0.2) is 17.4 Å². The SMILES string of the molecule is CC1(C)[C@@H]2CC(=O)O[C@@]1(C)CC2=O. The van der Waals surface area contributed by atoms with Crippen molar-refractivity contribution in [3.8, 4) is 0 Å². The minimum atomic E-state index is -0.565. The zero-order valence-electron chi connectivity index (χ0n) is 8.22. The van der Waals surface area contributed by atoms with Gasteiger partial charge in [0.15, 0.2) is 0 Å². The number of fused-ring (bicyclic) bond motifs is 2. The van der Waals surface area contributed by atoms with Crippen molar-refractivity contribution in [3.63, 3.8) is 0 Å². The van der Waals surface area contributed by atoms with Gasteiger partial charge in [0.05, 0.1) is 6.42 Å². The van der Waals surface area contributed by atoms with Gasteiger partial charge in [0.1, 0.15) is 11.4 Å². The molecule has 0 radical (unpaired) electrons. The molecule has 1 aliphatic heterocycles. The van der Waals surface area contributed by atoms with Gasteiger partial charge >= 0.3 is 5.97 Å². The molecular formula is C10H14O3. The first-order valence-corrected chi connectivity index (χ1v) is 4.61. The fraction of sp³-hybridized carbons (Fsp3) is 0.800. The summed E-state index contributed by atoms with van der Waals surface area (Å²) < 4.78 is 5.29. The molecular weight excluding hydrogens is 168 g/mol. The second-order valence-electron chi connectivity index (χ2n) is 4.83. The zero-order valence-corrected chi connectivity index (χ0v) is 8.22. The molecule has 0 amide bonds. The van der Waals surface area contributed by atoms with Crippen LogP contribution in [0.5, 0.6) is 0 Å². The van der Waals surface area contributed by atoms with E-state index >= 15 is 0 Å². The van der Waals surface area contributed by atoms with Crippen molar-refractivity contribution in [1.29, 1.82) is 0 Å². The highest BCUT2D eigenvalue weighted by molar-refractivity contribution is 5.92. The van der Waals surface area contributed by atoms with Gasteiger partial charge in [-0.25, -0.2) is 0 Å². The average Bonchev–Trinajstić information content (AvgIpc) is 2.13. The third-order valence-corrected chi connectivity index (χ3v) is 3.84. The number of rotatable bonds is 0. The number of ketones is 1. The number of hydrogen-bond acceptors (Lipinski definition) is 3. The summed E-state index contributed by atoms with van der Waals surface area (Å²) in [6.07, 6.45) is 0.651. The molecule has 1 aliphatic carbocycles. The molecule has 13 heavy (non-hydrogen) atoms. The van der Waals surface area contributed by atoms with Gasteiger partial charge in [0.2, 0.25) is 0 Å². The number of ether oxygens (including phenoxy) is 1. The summed E-state index contributed by atoms with van der Waals surface area (Å²) in [6.45, 7) is 5.88. The summed E-state index contributed by atoms with van der Waals surface area (Å²) >= 11 is 0. The highest BCUT2D eigenvalue weighted by Crippen LogP contribution is 2.54. The summed E-state index contributed by atoms with van der Waals surface area (Å²) in [7, 11) is 0. The van der Waals surface area contributed by atoms with Crippen molar-refractivity contribution >= 4 is 11.8 Å². The van der Waals surface area contributed by atoms with Crippen molar-refractivity contribution in [1.82, 2.24) is 0 Å². The minimum Gasteiger partial charge on any atom is -0.458 e. The first-order valence-electron chi connectivity index (χ1n) is 4.61. The van der Waals surface area contributed by atoms with Crippen LogP contribution in [0.3, 0.4) is 0 Å². The number of esters is 1. The first kappa shape index (κ1) is 8.73. The Kier molecular flexibility index (Phi) is 1.44. The lowest BCUT2D eigenvalue weighted by Gasteiger charge is -2.43. The first-order chi connectivity index (χ1) is 5.87. The average molecular weight is 182 g/mol. The van der Waals surface area contributed by atoms with Gasteiger partial charge in [0, 0.05) is 17.8 Å².